The second-order valence-electron chi connectivity index (χ2n) is 7.15. The van der Waals surface area contributed by atoms with Crippen LogP contribution in [0.4, 0.5) is 5.82 Å². The number of H-pyrrole nitrogens is 1. The molecule has 0 aromatic carbocycles. The lowest BCUT2D eigenvalue weighted by molar-refractivity contribution is -0.247. The lowest BCUT2D eigenvalue weighted by atomic mass is 9.97. The van der Waals surface area contributed by atoms with Crippen molar-refractivity contribution in [2.45, 2.75) is 58.3 Å². The number of ether oxygens (including phenoxy) is 5. The second-order valence-corrected chi connectivity index (χ2v) is 7.15. The maximum absolute atomic E-state index is 12.0. The number of aromatic nitrogens is 2. The van der Waals surface area contributed by atoms with Gasteiger partial charge in [-0.2, -0.15) is 0 Å². The lowest BCUT2D eigenvalue weighted by Gasteiger charge is -2.44. The number of anilines is 1. The van der Waals surface area contributed by atoms with Gasteiger partial charge in [-0.1, -0.05) is 0 Å². The van der Waals surface area contributed by atoms with E-state index in [4.69, 9.17) is 23.7 Å². The Kier molecular flexibility index (Phi) is 8.34. The van der Waals surface area contributed by atoms with Crippen molar-refractivity contribution in [1.82, 2.24) is 9.55 Å². The van der Waals surface area contributed by atoms with E-state index < -0.39 is 72.4 Å². The topological polar surface area (TPSA) is 181 Å². The highest BCUT2D eigenvalue weighted by atomic mass is 16.7. The quantitative estimate of drug-likeness (QED) is 0.350. The molecule has 0 amide bonds. The summed E-state index contributed by atoms with van der Waals surface area (Å²) in [5.74, 6) is -3.10. The molecular weight excluding hydrogens is 446 g/mol. The first-order chi connectivity index (χ1) is 15.4. The largest absolute Gasteiger partial charge is 0.463 e. The molecule has 1 aromatic heterocycles. The van der Waals surface area contributed by atoms with Gasteiger partial charge in [-0.25, -0.2) is 4.79 Å². The summed E-state index contributed by atoms with van der Waals surface area (Å²) >= 11 is 0. The van der Waals surface area contributed by atoms with Crippen LogP contribution in [0.3, 0.4) is 0 Å². The molecule has 1 aliphatic heterocycles. The maximum Gasteiger partial charge on any atom is 0.329 e. The molecule has 33 heavy (non-hydrogen) atoms. The summed E-state index contributed by atoms with van der Waals surface area (Å²) in [5, 5.41) is 2.70. The molecule has 14 nitrogen and oxygen atoms in total. The van der Waals surface area contributed by atoms with E-state index in [-0.39, 0.29) is 5.82 Å². The molecule has 1 saturated heterocycles. The molecule has 1 aromatic rings. The van der Waals surface area contributed by atoms with Gasteiger partial charge < -0.3 is 29.0 Å². The van der Waals surface area contributed by atoms with Crippen molar-refractivity contribution in [3.63, 3.8) is 0 Å². The molecule has 2 rings (SSSR count). The van der Waals surface area contributed by atoms with Crippen molar-refractivity contribution in [3.8, 4) is 0 Å². The summed E-state index contributed by atoms with van der Waals surface area (Å²) in [5.41, 5.74) is -1.39. The monoisotopic (exact) mass is 471 g/mol. The molecule has 5 unspecified atom stereocenters. The van der Waals surface area contributed by atoms with E-state index in [0.29, 0.717) is 0 Å². The minimum absolute atomic E-state index is 0.0935. The van der Waals surface area contributed by atoms with Crippen LogP contribution >= 0.6 is 0 Å². The molecule has 2 N–H and O–H groups in total. The Hall–Kier alpha value is -3.68. The van der Waals surface area contributed by atoms with Crippen LogP contribution in [-0.4, -0.2) is 70.7 Å². The third-order valence-electron chi connectivity index (χ3n) is 4.43. The average Bonchev–Trinajstić information content (AvgIpc) is 2.68. The summed E-state index contributed by atoms with van der Waals surface area (Å²) in [7, 11) is 1.26. The minimum atomic E-state index is -1.39. The number of nitrogens with zero attached hydrogens (tertiary/aromatic N) is 1. The van der Waals surface area contributed by atoms with Crippen molar-refractivity contribution in [3.05, 3.63) is 26.9 Å². The van der Waals surface area contributed by atoms with E-state index in [0.717, 1.165) is 38.3 Å². The zero-order valence-electron chi connectivity index (χ0n) is 18.6. The predicted molar refractivity (Wildman–Crippen MR) is 108 cm³/mol. The predicted octanol–water partition coefficient (Wildman–Crippen LogP) is -1.43. The Balaban J connectivity index is 2.51. The molecule has 0 aliphatic carbocycles. The van der Waals surface area contributed by atoms with Gasteiger partial charge in [0.1, 0.15) is 18.5 Å². The van der Waals surface area contributed by atoms with Crippen LogP contribution in [-0.2, 0) is 49.9 Å². The maximum atomic E-state index is 12.0. The SMILES string of the molecule is CC(=O)OCC1OC(Nc2cc(=O)n(C)c(=O)[nH]2)C(OC(C)=O)C(OC(C)=O)C1OC(C)=O. The van der Waals surface area contributed by atoms with Gasteiger partial charge in [-0.05, 0) is 0 Å². The molecule has 1 fully saturated rings. The van der Waals surface area contributed by atoms with Gasteiger partial charge in [0, 0.05) is 40.8 Å². The fraction of sp³-hybridized carbons (Fsp3) is 0.579. The third-order valence-corrected chi connectivity index (χ3v) is 4.43. The van der Waals surface area contributed by atoms with Gasteiger partial charge in [0.15, 0.2) is 24.5 Å². The zero-order chi connectivity index (χ0) is 24.9. The van der Waals surface area contributed by atoms with Crippen LogP contribution in [0.2, 0.25) is 0 Å². The fourth-order valence-corrected chi connectivity index (χ4v) is 3.13. The number of carbonyl (C=O) groups excluding carboxylic acids is 4. The second kappa shape index (κ2) is 10.8. The molecule has 0 spiro atoms. The number of aromatic amines is 1. The van der Waals surface area contributed by atoms with Crippen LogP contribution in [0, 0.1) is 0 Å². The van der Waals surface area contributed by atoms with Crippen molar-refractivity contribution in [2.75, 3.05) is 11.9 Å². The minimum Gasteiger partial charge on any atom is -0.463 e. The van der Waals surface area contributed by atoms with Crippen LogP contribution in [0.5, 0.6) is 0 Å². The molecule has 0 saturated carbocycles. The number of hydrogen-bond acceptors (Lipinski definition) is 12. The molecule has 182 valence electrons. The highest BCUT2D eigenvalue weighted by Crippen LogP contribution is 2.29. The van der Waals surface area contributed by atoms with E-state index >= 15 is 0 Å². The Morgan fingerprint density at radius 3 is 2.00 bits per heavy atom. The van der Waals surface area contributed by atoms with Crippen molar-refractivity contribution in [2.24, 2.45) is 7.05 Å². The molecule has 0 radical (unpaired) electrons. The smallest absolute Gasteiger partial charge is 0.329 e. The van der Waals surface area contributed by atoms with Crippen LogP contribution in [0.1, 0.15) is 27.7 Å². The Bertz CT molecular complexity index is 999. The lowest BCUT2D eigenvalue weighted by Crippen LogP contribution is -2.64. The number of nitrogens with one attached hydrogen (secondary N) is 2. The van der Waals surface area contributed by atoms with Gasteiger partial charge in [0.05, 0.1) is 0 Å². The molecule has 5 atom stereocenters. The molecule has 0 bridgehead atoms. The van der Waals surface area contributed by atoms with Gasteiger partial charge in [0.2, 0.25) is 0 Å². The van der Waals surface area contributed by atoms with Crippen LogP contribution < -0.4 is 16.6 Å². The van der Waals surface area contributed by atoms with E-state index in [9.17, 15) is 28.8 Å². The van der Waals surface area contributed by atoms with E-state index in [1.54, 1.807) is 0 Å². The average molecular weight is 471 g/mol. The van der Waals surface area contributed by atoms with Gasteiger partial charge in [-0.3, -0.25) is 33.5 Å². The number of carbonyl (C=O) groups is 4. The van der Waals surface area contributed by atoms with E-state index in [1.165, 1.54) is 7.05 Å². The van der Waals surface area contributed by atoms with E-state index in [2.05, 4.69) is 10.3 Å². The fourth-order valence-electron chi connectivity index (χ4n) is 3.13. The number of hydrogen-bond donors (Lipinski definition) is 2. The Labute approximate surface area is 187 Å². The zero-order valence-corrected chi connectivity index (χ0v) is 18.6. The Morgan fingerprint density at radius 2 is 1.48 bits per heavy atom. The molecule has 1 aliphatic rings. The third kappa shape index (κ3) is 6.90. The first-order valence-corrected chi connectivity index (χ1v) is 9.76. The van der Waals surface area contributed by atoms with Gasteiger partial charge >= 0.3 is 29.6 Å². The number of esters is 4. The molecule has 2 heterocycles. The van der Waals surface area contributed by atoms with Crippen LogP contribution in [0.25, 0.3) is 0 Å². The molecular formula is C19H25N3O11. The molecule has 14 heteroatoms. The van der Waals surface area contributed by atoms with Crippen molar-refractivity contribution in [1.29, 1.82) is 0 Å². The summed E-state index contributed by atoms with van der Waals surface area (Å²) < 4.78 is 27.4. The Morgan fingerprint density at radius 1 is 0.939 bits per heavy atom. The summed E-state index contributed by atoms with van der Waals surface area (Å²) in [4.78, 5) is 72.9. The summed E-state index contributed by atoms with van der Waals surface area (Å²) in [6, 6.07) is 1.05. The van der Waals surface area contributed by atoms with Crippen molar-refractivity contribution >= 4 is 29.7 Å². The normalized spacial score (nSPS) is 24.3. The highest BCUT2D eigenvalue weighted by molar-refractivity contribution is 5.68. The first-order valence-electron chi connectivity index (χ1n) is 9.76. The summed E-state index contributed by atoms with van der Waals surface area (Å²) in [6.45, 7) is 4.02. The van der Waals surface area contributed by atoms with Gasteiger partial charge in [0.25, 0.3) is 5.56 Å². The summed E-state index contributed by atoms with van der Waals surface area (Å²) in [6.07, 6.45) is -6.61. The first kappa shape index (κ1) is 25.6. The number of rotatable bonds is 7. The van der Waals surface area contributed by atoms with Gasteiger partial charge in [-0.15, -0.1) is 0 Å². The highest BCUT2D eigenvalue weighted by Gasteiger charge is 2.52. The van der Waals surface area contributed by atoms with E-state index in [1.807, 2.05) is 0 Å². The van der Waals surface area contributed by atoms with Crippen molar-refractivity contribution < 1.29 is 42.9 Å². The van der Waals surface area contributed by atoms with Crippen LogP contribution in [0.15, 0.2) is 15.7 Å². The standard InChI is InChI=1S/C19H25N3O11/c1-8(23)29-7-12-15(30-9(2)24)16(31-10(3)25)17(32-11(4)26)18(33-12)20-13-6-14(27)22(5)19(28)21-13/h6,12,15-18,20H,7H2,1-5H3,(H,21,28).